The molecule has 6 heteroatoms. The number of carbonyl (C=O) groups is 1. The summed E-state index contributed by atoms with van der Waals surface area (Å²) >= 11 is 0. The Morgan fingerprint density at radius 3 is 2.83 bits per heavy atom. The second-order valence-corrected chi connectivity index (χ2v) is 6.53. The summed E-state index contributed by atoms with van der Waals surface area (Å²) in [5, 5.41) is 8.73. The molecular formula is C17H25N5O. The van der Waals surface area contributed by atoms with Crippen LogP contribution in [0.2, 0.25) is 0 Å². The lowest BCUT2D eigenvalue weighted by atomic mass is 10.0. The van der Waals surface area contributed by atoms with Gasteiger partial charge in [0.25, 0.3) is 0 Å². The minimum absolute atomic E-state index is 0.0761. The van der Waals surface area contributed by atoms with E-state index < -0.39 is 0 Å². The van der Waals surface area contributed by atoms with Crippen LogP contribution in [0.3, 0.4) is 0 Å². The van der Waals surface area contributed by atoms with Crippen LogP contribution in [-0.2, 0) is 18.4 Å². The number of amides is 1. The van der Waals surface area contributed by atoms with E-state index in [2.05, 4.69) is 17.1 Å². The van der Waals surface area contributed by atoms with E-state index in [9.17, 15) is 4.79 Å². The Morgan fingerprint density at radius 2 is 2.22 bits per heavy atom. The van der Waals surface area contributed by atoms with Crippen molar-refractivity contribution in [1.82, 2.24) is 24.5 Å². The van der Waals surface area contributed by atoms with Gasteiger partial charge in [0, 0.05) is 37.2 Å². The maximum atomic E-state index is 12.9. The molecule has 0 spiro atoms. The SMILES string of the molecule is Cc1nn(C)c(C)c1[C@@H]1CCCN1C(=O)[C@H](C)Cn1cccn1. The Morgan fingerprint density at radius 1 is 1.43 bits per heavy atom. The van der Waals surface area contributed by atoms with Gasteiger partial charge in [0.2, 0.25) is 5.91 Å². The van der Waals surface area contributed by atoms with Gasteiger partial charge in [-0.1, -0.05) is 6.92 Å². The van der Waals surface area contributed by atoms with Crippen molar-refractivity contribution in [3.05, 3.63) is 35.4 Å². The molecule has 0 bridgehead atoms. The zero-order valence-electron chi connectivity index (χ0n) is 14.4. The van der Waals surface area contributed by atoms with Gasteiger partial charge in [-0.25, -0.2) is 0 Å². The smallest absolute Gasteiger partial charge is 0.227 e. The molecule has 2 aromatic heterocycles. The first-order chi connectivity index (χ1) is 11.0. The molecule has 0 N–H and O–H groups in total. The van der Waals surface area contributed by atoms with E-state index in [0.717, 1.165) is 30.8 Å². The van der Waals surface area contributed by atoms with E-state index in [1.807, 2.05) is 47.4 Å². The monoisotopic (exact) mass is 315 g/mol. The summed E-state index contributed by atoms with van der Waals surface area (Å²) in [5.74, 6) is 0.137. The van der Waals surface area contributed by atoms with Gasteiger partial charge in [-0.05, 0) is 32.8 Å². The Bertz CT molecular complexity index is 688. The van der Waals surface area contributed by atoms with Crippen molar-refractivity contribution in [2.45, 2.75) is 46.2 Å². The maximum Gasteiger partial charge on any atom is 0.227 e. The van der Waals surface area contributed by atoms with Crippen LogP contribution in [0.4, 0.5) is 0 Å². The van der Waals surface area contributed by atoms with Gasteiger partial charge in [-0.15, -0.1) is 0 Å². The van der Waals surface area contributed by atoms with E-state index in [1.165, 1.54) is 5.56 Å². The standard InChI is InChI=1S/C17H25N5O/c1-12(11-21-9-6-8-18-21)17(23)22-10-5-7-15(22)16-13(2)19-20(4)14(16)3/h6,8-9,12,15H,5,7,10-11H2,1-4H3/t12-,15+/m1/s1. The van der Waals surface area contributed by atoms with Crippen molar-refractivity contribution in [3.63, 3.8) is 0 Å². The van der Waals surface area contributed by atoms with E-state index in [-0.39, 0.29) is 17.9 Å². The largest absolute Gasteiger partial charge is 0.335 e. The third-order valence-corrected chi connectivity index (χ3v) is 4.88. The van der Waals surface area contributed by atoms with E-state index in [4.69, 9.17) is 0 Å². The van der Waals surface area contributed by atoms with E-state index in [1.54, 1.807) is 6.20 Å². The molecule has 23 heavy (non-hydrogen) atoms. The normalized spacial score (nSPS) is 19.3. The summed E-state index contributed by atoms with van der Waals surface area (Å²) in [4.78, 5) is 15.0. The molecule has 2 aromatic rings. The molecule has 0 unspecified atom stereocenters. The molecule has 3 heterocycles. The summed E-state index contributed by atoms with van der Waals surface area (Å²) in [7, 11) is 1.97. The summed E-state index contributed by atoms with van der Waals surface area (Å²) in [6.07, 6.45) is 5.73. The zero-order chi connectivity index (χ0) is 16.6. The molecule has 1 amide bonds. The number of hydrogen-bond acceptors (Lipinski definition) is 3. The summed E-state index contributed by atoms with van der Waals surface area (Å²) in [5.41, 5.74) is 3.42. The lowest BCUT2D eigenvalue weighted by Gasteiger charge is -2.28. The second kappa shape index (κ2) is 6.18. The summed E-state index contributed by atoms with van der Waals surface area (Å²) < 4.78 is 3.74. The van der Waals surface area contributed by atoms with Crippen molar-refractivity contribution in [2.75, 3.05) is 6.54 Å². The molecule has 0 saturated carbocycles. The van der Waals surface area contributed by atoms with E-state index >= 15 is 0 Å². The van der Waals surface area contributed by atoms with Crippen LogP contribution in [0.25, 0.3) is 0 Å². The van der Waals surface area contributed by atoms with Crippen LogP contribution >= 0.6 is 0 Å². The van der Waals surface area contributed by atoms with Crippen LogP contribution < -0.4 is 0 Å². The maximum absolute atomic E-state index is 12.9. The Kier molecular flexibility index (Phi) is 4.24. The van der Waals surface area contributed by atoms with Crippen LogP contribution in [-0.4, -0.2) is 36.9 Å². The number of aromatic nitrogens is 4. The molecule has 1 aliphatic rings. The van der Waals surface area contributed by atoms with Crippen LogP contribution in [0, 0.1) is 19.8 Å². The fourth-order valence-electron chi connectivity index (χ4n) is 3.65. The number of rotatable bonds is 4. The first-order valence-electron chi connectivity index (χ1n) is 8.27. The van der Waals surface area contributed by atoms with Gasteiger partial charge in [0.05, 0.1) is 24.2 Å². The second-order valence-electron chi connectivity index (χ2n) is 6.53. The number of carbonyl (C=O) groups excluding carboxylic acids is 1. The van der Waals surface area contributed by atoms with E-state index in [0.29, 0.717) is 6.54 Å². The summed E-state index contributed by atoms with van der Waals surface area (Å²) in [6, 6.07) is 2.05. The van der Waals surface area contributed by atoms with Crippen molar-refractivity contribution in [2.24, 2.45) is 13.0 Å². The molecule has 1 saturated heterocycles. The predicted octanol–water partition coefficient (Wildman–Crippen LogP) is 2.23. The average molecular weight is 315 g/mol. The quantitative estimate of drug-likeness (QED) is 0.869. The van der Waals surface area contributed by atoms with Crippen LogP contribution in [0.15, 0.2) is 18.5 Å². The fourth-order valence-corrected chi connectivity index (χ4v) is 3.65. The minimum atomic E-state index is -0.0761. The van der Waals surface area contributed by atoms with Crippen molar-refractivity contribution >= 4 is 5.91 Å². The highest BCUT2D eigenvalue weighted by Gasteiger charge is 2.35. The van der Waals surface area contributed by atoms with Gasteiger partial charge in [-0.2, -0.15) is 10.2 Å². The van der Waals surface area contributed by atoms with Crippen molar-refractivity contribution < 1.29 is 4.79 Å². The number of hydrogen-bond donors (Lipinski definition) is 0. The topological polar surface area (TPSA) is 56.0 Å². The first kappa shape index (κ1) is 15.8. The number of aryl methyl sites for hydroxylation is 2. The third kappa shape index (κ3) is 2.90. The van der Waals surface area contributed by atoms with Gasteiger partial charge in [-0.3, -0.25) is 14.2 Å². The Hall–Kier alpha value is -2.11. The highest BCUT2D eigenvalue weighted by Crippen LogP contribution is 2.36. The van der Waals surface area contributed by atoms with Gasteiger partial charge >= 0.3 is 0 Å². The molecule has 3 rings (SSSR count). The molecule has 0 aliphatic carbocycles. The zero-order valence-corrected chi connectivity index (χ0v) is 14.4. The average Bonchev–Trinajstić information content (AvgIpc) is 3.21. The minimum Gasteiger partial charge on any atom is -0.335 e. The van der Waals surface area contributed by atoms with Crippen molar-refractivity contribution in [1.29, 1.82) is 0 Å². The fraction of sp³-hybridized carbons (Fsp3) is 0.588. The summed E-state index contributed by atoms with van der Waals surface area (Å²) in [6.45, 7) is 7.57. The lowest BCUT2D eigenvalue weighted by molar-refractivity contribution is -0.136. The predicted molar refractivity (Wildman–Crippen MR) is 87.8 cm³/mol. The van der Waals surface area contributed by atoms with Crippen LogP contribution in [0.1, 0.15) is 42.8 Å². The molecular weight excluding hydrogens is 290 g/mol. The number of nitrogens with zero attached hydrogens (tertiary/aromatic N) is 5. The Balaban J connectivity index is 1.79. The molecule has 2 atom stereocenters. The first-order valence-corrected chi connectivity index (χ1v) is 8.27. The highest BCUT2D eigenvalue weighted by atomic mass is 16.2. The lowest BCUT2D eigenvalue weighted by Crippen LogP contribution is -2.36. The number of likely N-dealkylation sites (tertiary alicyclic amines) is 1. The Labute approximate surface area is 137 Å². The van der Waals surface area contributed by atoms with Crippen molar-refractivity contribution in [3.8, 4) is 0 Å². The molecule has 0 aromatic carbocycles. The highest BCUT2D eigenvalue weighted by molar-refractivity contribution is 5.79. The third-order valence-electron chi connectivity index (χ3n) is 4.88. The van der Waals surface area contributed by atoms with Gasteiger partial charge in [0.1, 0.15) is 0 Å². The van der Waals surface area contributed by atoms with Gasteiger partial charge in [0.15, 0.2) is 0 Å². The molecule has 6 nitrogen and oxygen atoms in total. The van der Waals surface area contributed by atoms with Gasteiger partial charge < -0.3 is 4.90 Å². The van der Waals surface area contributed by atoms with Crippen LogP contribution in [0.5, 0.6) is 0 Å². The molecule has 0 radical (unpaired) electrons. The molecule has 1 aliphatic heterocycles. The molecule has 1 fully saturated rings. The molecule has 124 valence electrons.